The largest absolute Gasteiger partial charge is 0.308 e. The maximum atomic E-state index is 2.56. The Hall–Kier alpha value is -9.80. The van der Waals surface area contributed by atoms with Crippen molar-refractivity contribution in [2.75, 3.05) is 0 Å². The van der Waals surface area contributed by atoms with Crippen LogP contribution in [0.15, 0.2) is 267 Å². The summed E-state index contributed by atoms with van der Waals surface area (Å²) in [7, 11) is -2.23. The summed E-state index contributed by atoms with van der Waals surface area (Å²) >= 11 is 0. The van der Waals surface area contributed by atoms with Crippen LogP contribution in [-0.2, 0) is 0 Å². The summed E-state index contributed by atoms with van der Waals surface area (Å²) in [5.41, 5.74) is 18.9. The molecule has 0 aliphatic heterocycles. The van der Waals surface area contributed by atoms with E-state index in [2.05, 4.69) is 283 Å². The predicted molar refractivity (Wildman–Crippen MR) is 336 cm³/mol. The zero-order valence-corrected chi connectivity index (χ0v) is 44.0. The van der Waals surface area contributed by atoms with Crippen LogP contribution in [0.4, 0.5) is 0 Å². The second-order valence-corrected chi connectivity index (χ2v) is 24.2. The van der Waals surface area contributed by atoms with Crippen LogP contribution >= 0.6 is 0 Å². The van der Waals surface area contributed by atoms with Crippen molar-refractivity contribution >= 4 is 122 Å². The van der Waals surface area contributed by atoms with Gasteiger partial charge in [-0.25, -0.2) is 0 Å². The number of para-hydroxylation sites is 4. The third kappa shape index (κ3) is 5.96. The van der Waals surface area contributed by atoms with Crippen molar-refractivity contribution < 1.29 is 0 Å². The highest BCUT2D eigenvalue weighted by atomic mass is 28.3. The first-order chi connectivity index (χ1) is 38.7. The summed E-state index contributed by atoms with van der Waals surface area (Å²) in [6.07, 6.45) is 0. The molecule has 13 aromatic carbocycles. The van der Waals surface area contributed by atoms with Crippen molar-refractivity contribution in [3.05, 3.63) is 272 Å². The highest BCUT2D eigenvalue weighted by Gasteiger charge is 2.30. The molecule has 17 rings (SSSR count). The molecule has 4 aromatic heterocycles. The number of hydrogen-bond acceptors (Lipinski definition) is 0. The van der Waals surface area contributed by atoms with E-state index in [1.54, 1.807) is 0 Å². The normalized spacial score (nSPS) is 12.3. The molecular weight excluding hydrogens is 957 g/mol. The van der Waals surface area contributed by atoms with Gasteiger partial charge < -0.3 is 8.80 Å². The minimum absolute atomic E-state index is 1.23. The first kappa shape index (κ1) is 43.4. The molecule has 78 heavy (non-hydrogen) atoms. The van der Waals surface area contributed by atoms with E-state index in [-0.39, 0.29) is 0 Å². The van der Waals surface area contributed by atoms with E-state index in [9.17, 15) is 0 Å². The van der Waals surface area contributed by atoms with E-state index >= 15 is 0 Å². The van der Waals surface area contributed by atoms with Crippen LogP contribution in [-0.4, -0.2) is 17.6 Å². The molecule has 3 heteroatoms. The molecule has 4 heterocycles. The highest BCUT2D eigenvalue weighted by molar-refractivity contribution is 6.97. The molecule has 0 amide bonds. The third-order valence-electron chi connectivity index (χ3n) is 17.5. The monoisotopic (exact) mass is 1000 g/mol. The lowest BCUT2D eigenvalue weighted by Crippen LogP contribution is -2.53. The number of aryl methyl sites for hydroxylation is 1. The molecular formula is C75H48N2Si. The van der Waals surface area contributed by atoms with Gasteiger partial charge in [-0.3, -0.25) is 0 Å². The van der Waals surface area contributed by atoms with Crippen LogP contribution in [0.2, 0.25) is 0 Å². The summed E-state index contributed by atoms with van der Waals surface area (Å²) < 4.78 is 5.03. The quantitative estimate of drug-likeness (QED) is 0.0855. The molecule has 17 aromatic rings. The lowest BCUT2D eigenvalue weighted by atomic mass is 9.84. The number of benzene rings is 13. The van der Waals surface area contributed by atoms with Crippen molar-refractivity contribution in [3.8, 4) is 44.5 Å². The molecule has 0 aliphatic carbocycles. The van der Waals surface area contributed by atoms with Crippen LogP contribution < -0.4 is 15.6 Å². The van der Waals surface area contributed by atoms with Gasteiger partial charge in [-0.15, -0.1) is 0 Å². The minimum atomic E-state index is -2.23. The average Bonchev–Trinajstić information content (AvgIpc) is 4.34. The molecule has 0 spiro atoms. The molecule has 0 N–H and O–H groups in total. The van der Waals surface area contributed by atoms with E-state index in [0.29, 0.717) is 0 Å². The molecule has 0 bridgehead atoms. The van der Waals surface area contributed by atoms with E-state index in [1.807, 2.05) is 0 Å². The summed E-state index contributed by atoms with van der Waals surface area (Å²) in [5.74, 6) is 0. The van der Waals surface area contributed by atoms with Gasteiger partial charge in [0, 0.05) is 43.1 Å². The molecule has 0 saturated carbocycles. The SMILES string of the molecule is Cc1ccccc1-c1cccc(-c2c3cccc(-c4cccc5c4c4cccc6c7ccccc7n5c64)c3cc3c(-c4cccc5c4c4cccc6c7ccccc7n5c64)cccc23)c1[SiH](c1ccccc1)c1ccccc1. The van der Waals surface area contributed by atoms with Gasteiger partial charge in [0.25, 0.3) is 0 Å². The van der Waals surface area contributed by atoms with Gasteiger partial charge >= 0.3 is 0 Å². The Labute approximate surface area is 452 Å². The topological polar surface area (TPSA) is 8.82 Å². The molecule has 362 valence electrons. The standard InChI is InChI=1S/C75H48N2Si/c1-46-21-8-9-26-49(46)60-37-18-40-63(75(60)78(47-22-4-2-5-23-47)48-24-6-3-7-25-48)70-56-31-14-29-50(54-33-19-43-68-71(54)61-38-16-35-58-52-27-10-12-41-66(52)76(68)73(58)61)64(56)45-65-51(30-15-32-57(65)70)55-34-20-44-69-72(55)62-39-17-36-59-53-28-11-13-42-67(53)77(69)74(59)62/h2-45,78H,1H3. The fourth-order valence-electron chi connectivity index (χ4n) is 14.4. The Morgan fingerprint density at radius 3 is 1.18 bits per heavy atom. The number of hydrogen-bond donors (Lipinski definition) is 0. The van der Waals surface area contributed by atoms with Gasteiger partial charge in [-0.2, -0.15) is 0 Å². The lowest BCUT2D eigenvalue weighted by molar-refractivity contribution is 1.37. The summed E-state index contributed by atoms with van der Waals surface area (Å²) in [4.78, 5) is 0. The van der Waals surface area contributed by atoms with Crippen molar-refractivity contribution in [1.82, 2.24) is 8.80 Å². The van der Waals surface area contributed by atoms with E-state index < -0.39 is 8.80 Å². The van der Waals surface area contributed by atoms with Crippen molar-refractivity contribution in [2.45, 2.75) is 6.92 Å². The van der Waals surface area contributed by atoms with Crippen LogP contribution in [0, 0.1) is 6.92 Å². The van der Waals surface area contributed by atoms with Gasteiger partial charge in [-0.05, 0) is 114 Å². The van der Waals surface area contributed by atoms with Crippen LogP contribution in [0.3, 0.4) is 0 Å². The maximum absolute atomic E-state index is 2.56. The van der Waals surface area contributed by atoms with Gasteiger partial charge in [0.2, 0.25) is 0 Å². The molecule has 0 radical (unpaired) electrons. The van der Waals surface area contributed by atoms with Gasteiger partial charge in [0.1, 0.15) is 8.80 Å². The van der Waals surface area contributed by atoms with E-state index in [0.717, 1.165) is 0 Å². The molecule has 0 saturated heterocycles. The summed E-state index contributed by atoms with van der Waals surface area (Å²) in [6.45, 7) is 2.27. The first-order valence-corrected chi connectivity index (χ1v) is 29.0. The molecule has 0 unspecified atom stereocenters. The molecule has 0 fully saturated rings. The Balaban J connectivity index is 1.04. The first-order valence-electron chi connectivity index (χ1n) is 27.3. The number of fused-ring (bicyclic) bond motifs is 14. The van der Waals surface area contributed by atoms with Crippen molar-refractivity contribution in [2.24, 2.45) is 0 Å². The molecule has 0 atom stereocenters. The lowest BCUT2D eigenvalue weighted by Gasteiger charge is -2.27. The number of rotatable bonds is 7. The predicted octanol–water partition coefficient (Wildman–Crippen LogP) is 17.5. The Kier molecular flexibility index (Phi) is 9.24. The Morgan fingerprint density at radius 1 is 0.256 bits per heavy atom. The van der Waals surface area contributed by atoms with Gasteiger partial charge in [0.15, 0.2) is 0 Å². The van der Waals surface area contributed by atoms with Crippen LogP contribution in [0.5, 0.6) is 0 Å². The van der Waals surface area contributed by atoms with E-state index in [4.69, 9.17) is 0 Å². The van der Waals surface area contributed by atoms with E-state index in [1.165, 1.54) is 163 Å². The number of aromatic nitrogens is 2. The molecule has 2 nitrogen and oxygen atoms in total. The summed E-state index contributed by atoms with van der Waals surface area (Å²) in [6, 6.07) is 101. The van der Waals surface area contributed by atoms with Crippen LogP contribution in [0.25, 0.3) is 142 Å². The average molecular weight is 1010 g/mol. The third-order valence-corrected chi connectivity index (χ3v) is 20.8. The Bertz CT molecular complexity index is 5000. The van der Waals surface area contributed by atoms with Crippen LogP contribution in [0.1, 0.15) is 5.56 Å². The molecule has 0 aliphatic rings. The van der Waals surface area contributed by atoms with Gasteiger partial charge in [0.05, 0.1) is 33.1 Å². The van der Waals surface area contributed by atoms with Crippen molar-refractivity contribution in [3.63, 3.8) is 0 Å². The zero-order chi connectivity index (χ0) is 51.2. The second-order valence-electron chi connectivity index (χ2n) is 21.4. The smallest absolute Gasteiger partial charge is 0.134 e. The zero-order valence-electron chi connectivity index (χ0n) is 42.9. The Morgan fingerprint density at radius 2 is 0.628 bits per heavy atom. The number of nitrogens with zero attached hydrogens (tertiary/aromatic N) is 2. The van der Waals surface area contributed by atoms with Crippen molar-refractivity contribution in [1.29, 1.82) is 0 Å². The second kappa shape index (κ2) is 16.6. The highest BCUT2D eigenvalue weighted by Crippen LogP contribution is 2.49. The fourth-order valence-corrected chi connectivity index (χ4v) is 17.7. The minimum Gasteiger partial charge on any atom is -0.308 e. The van der Waals surface area contributed by atoms with Gasteiger partial charge in [-0.1, -0.05) is 247 Å². The summed E-state index contributed by atoms with van der Waals surface area (Å²) in [5, 5.41) is 19.5. The fraction of sp³-hybridized carbons (Fsp3) is 0.0133. The maximum Gasteiger partial charge on any atom is 0.134 e.